The minimum absolute atomic E-state index is 0.0159. The zero-order valence-corrected chi connectivity index (χ0v) is 16.1. The molecule has 2 aliphatic rings. The van der Waals surface area contributed by atoms with Gasteiger partial charge in [-0.25, -0.2) is 4.39 Å². The molecule has 5 nitrogen and oxygen atoms in total. The lowest BCUT2D eigenvalue weighted by atomic mass is 10.1. The van der Waals surface area contributed by atoms with Crippen molar-refractivity contribution < 1.29 is 23.4 Å². The molecule has 0 bridgehead atoms. The van der Waals surface area contributed by atoms with Gasteiger partial charge in [-0.15, -0.1) is 0 Å². The summed E-state index contributed by atoms with van der Waals surface area (Å²) in [6.45, 7) is 5.44. The summed E-state index contributed by atoms with van der Waals surface area (Å²) in [7, 11) is 0. The van der Waals surface area contributed by atoms with E-state index >= 15 is 0 Å². The van der Waals surface area contributed by atoms with Gasteiger partial charge < -0.3 is 19.1 Å². The molecule has 0 aliphatic carbocycles. The van der Waals surface area contributed by atoms with Gasteiger partial charge in [0.2, 0.25) is 5.91 Å². The number of aryl methyl sites for hydroxylation is 1. The molecule has 2 aromatic rings. The molecule has 4 rings (SSSR count). The Labute approximate surface area is 164 Å². The van der Waals surface area contributed by atoms with Crippen LogP contribution in [0, 0.1) is 12.7 Å². The molecule has 0 aromatic heterocycles. The molecule has 0 radical (unpaired) electrons. The van der Waals surface area contributed by atoms with E-state index in [1.54, 1.807) is 24.3 Å². The highest BCUT2D eigenvalue weighted by atomic mass is 19.1. The molecular weight excluding hydrogens is 361 g/mol. The van der Waals surface area contributed by atoms with Gasteiger partial charge in [-0.3, -0.25) is 4.79 Å². The molecule has 2 aromatic carbocycles. The Kier molecular flexibility index (Phi) is 5.08. The van der Waals surface area contributed by atoms with Crippen molar-refractivity contribution in [2.45, 2.75) is 38.5 Å². The molecule has 2 aliphatic heterocycles. The summed E-state index contributed by atoms with van der Waals surface area (Å²) in [5, 5.41) is 0. The first-order valence-electron chi connectivity index (χ1n) is 9.54. The average Bonchev–Trinajstić information content (AvgIpc) is 3.24. The van der Waals surface area contributed by atoms with E-state index in [1.165, 1.54) is 6.07 Å². The number of halogens is 1. The van der Waals surface area contributed by atoms with Gasteiger partial charge in [-0.05, 0) is 49.2 Å². The number of nitrogens with zero attached hydrogens (tertiary/aromatic N) is 1. The molecule has 2 saturated heterocycles. The summed E-state index contributed by atoms with van der Waals surface area (Å²) in [5.41, 5.74) is 1.65. The van der Waals surface area contributed by atoms with Crippen LogP contribution in [-0.4, -0.2) is 42.4 Å². The fourth-order valence-electron chi connectivity index (χ4n) is 3.89. The van der Waals surface area contributed by atoms with E-state index in [2.05, 4.69) is 0 Å². The highest BCUT2D eigenvalue weighted by molar-refractivity contribution is 5.79. The van der Waals surface area contributed by atoms with Gasteiger partial charge in [0.25, 0.3) is 0 Å². The molecule has 1 atom stereocenters. The van der Waals surface area contributed by atoms with Crippen molar-refractivity contribution >= 4 is 5.91 Å². The first-order valence-corrected chi connectivity index (χ1v) is 9.54. The van der Waals surface area contributed by atoms with Crippen LogP contribution in [0.2, 0.25) is 0 Å². The third-order valence-corrected chi connectivity index (χ3v) is 5.25. The van der Waals surface area contributed by atoms with Crippen molar-refractivity contribution in [1.82, 2.24) is 4.90 Å². The molecule has 1 unspecified atom stereocenters. The Morgan fingerprint density at radius 3 is 2.79 bits per heavy atom. The monoisotopic (exact) mass is 385 g/mol. The number of hydrogen-bond acceptors (Lipinski definition) is 4. The minimum Gasteiger partial charge on any atom is -0.454 e. The van der Waals surface area contributed by atoms with Crippen molar-refractivity contribution in [2.75, 3.05) is 19.8 Å². The SMILES string of the molecule is Cc1ccc(Oc2cccc(CC(=O)N3CC4(CC3C)OCCO4)c2)c(F)c1. The average molecular weight is 385 g/mol. The Bertz CT molecular complexity index is 879. The third-order valence-electron chi connectivity index (χ3n) is 5.25. The molecule has 28 heavy (non-hydrogen) atoms. The summed E-state index contributed by atoms with van der Waals surface area (Å²) >= 11 is 0. The lowest BCUT2D eigenvalue weighted by Gasteiger charge is -2.23. The molecule has 1 amide bonds. The standard InChI is InChI=1S/C22H24FNO4/c1-15-6-7-20(19(23)10-15)28-18-5-3-4-17(11-18)12-21(25)24-14-22(13-16(24)2)26-8-9-27-22/h3-7,10-11,16H,8-9,12-14H2,1-2H3. The first kappa shape index (κ1) is 18.9. The maximum absolute atomic E-state index is 14.0. The Morgan fingerprint density at radius 2 is 2.04 bits per heavy atom. The van der Waals surface area contributed by atoms with E-state index in [-0.39, 0.29) is 24.1 Å². The summed E-state index contributed by atoms with van der Waals surface area (Å²) in [5.74, 6) is -0.360. The second kappa shape index (κ2) is 7.53. The zero-order valence-electron chi connectivity index (χ0n) is 16.1. The second-order valence-electron chi connectivity index (χ2n) is 7.54. The van der Waals surface area contributed by atoms with Crippen molar-refractivity contribution in [2.24, 2.45) is 0 Å². The number of carbonyl (C=O) groups excluding carboxylic acids is 1. The van der Waals surface area contributed by atoms with Gasteiger partial charge in [0.15, 0.2) is 17.4 Å². The highest BCUT2D eigenvalue weighted by Gasteiger charge is 2.48. The largest absolute Gasteiger partial charge is 0.454 e. The van der Waals surface area contributed by atoms with Gasteiger partial charge in [0.05, 0.1) is 26.2 Å². The fraction of sp³-hybridized carbons (Fsp3) is 0.409. The van der Waals surface area contributed by atoms with Crippen LogP contribution in [0.25, 0.3) is 0 Å². The topological polar surface area (TPSA) is 48.0 Å². The van der Waals surface area contributed by atoms with E-state index in [9.17, 15) is 9.18 Å². The number of rotatable bonds is 4. The highest BCUT2D eigenvalue weighted by Crippen LogP contribution is 2.35. The van der Waals surface area contributed by atoms with Crippen LogP contribution in [0.5, 0.6) is 11.5 Å². The van der Waals surface area contributed by atoms with Gasteiger partial charge in [-0.2, -0.15) is 0 Å². The van der Waals surface area contributed by atoms with E-state index in [1.807, 2.05) is 30.9 Å². The number of amides is 1. The van der Waals surface area contributed by atoms with Gasteiger partial charge >= 0.3 is 0 Å². The van der Waals surface area contributed by atoms with Crippen LogP contribution < -0.4 is 4.74 Å². The molecule has 0 N–H and O–H groups in total. The van der Waals surface area contributed by atoms with Crippen molar-refractivity contribution in [3.8, 4) is 11.5 Å². The fourth-order valence-corrected chi connectivity index (χ4v) is 3.89. The van der Waals surface area contributed by atoms with E-state index in [0.29, 0.717) is 31.9 Å². The van der Waals surface area contributed by atoms with Gasteiger partial charge in [0.1, 0.15) is 5.75 Å². The maximum atomic E-state index is 14.0. The summed E-state index contributed by atoms with van der Waals surface area (Å²) in [6.07, 6.45) is 0.933. The van der Waals surface area contributed by atoms with Crippen molar-refractivity contribution in [3.05, 3.63) is 59.4 Å². The van der Waals surface area contributed by atoms with E-state index in [4.69, 9.17) is 14.2 Å². The minimum atomic E-state index is -0.636. The molecule has 0 saturated carbocycles. The van der Waals surface area contributed by atoms with Crippen LogP contribution in [0.1, 0.15) is 24.5 Å². The summed E-state index contributed by atoms with van der Waals surface area (Å²) in [6, 6.07) is 12.1. The number of likely N-dealkylation sites (tertiary alicyclic amines) is 1. The molecule has 1 spiro atoms. The quantitative estimate of drug-likeness (QED) is 0.803. The lowest BCUT2D eigenvalue weighted by molar-refractivity contribution is -0.152. The predicted molar refractivity (Wildman–Crippen MR) is 102 cm³/mol. The number of hydrogen-bond donors (Lipinski definition) is 0. The molecular formula is C22H24FNO4. The molecule has 6 heteroatoms. The molecule has 148 valence electrons. The predicted octanol–water partition coefficient (Wildman–Crippen LogP) is 3.83. The maximum Gasteiger partial charge on any atom is 0.227 e. The Morgan fingerprint density at radius 1 is 1.25 bits per heavy atom. The third kappa shape index (κ3) is 3.88. The van der Waals surface area contributed by atoms with Crippen LogP contribution in [0.4, 0.5) is 4.39 Å². The normalized spacial score (nSPS) is 20.7. The van der Waals surface area contributed by atoms with E-state index in [0.717, 1.165) is 11.1 Å². The smallest absolute Gasteiger partial charge is 0.227 e. The number of carbonyl (C=O) groups is 1. The second-order valence-corrected chi connectivity index (χ2v) is 7.54. The van der Waals surface area contributed by atoms with Crippen LogP contribution in [0.3, 0.4) is 0 Å². The zero-order chi connectivity index (χ0) is 19.7. The van der Waals surface area contributed by atoms with E-state index < -0.39 is 11.6 Å². The first-order chi connectivity index (χ1) is 13.4. The Hall–Kier alpha value is -2.44. The van der Waals surface area contributed by atoms with Crippen LogP contribution >= 0.6 is 0 Å². The van der Waals surface area contributed by atoms with Gasteiger partial charge in [-0.1, -0.05) is 18.2 Å². The number of ether oxygens (including phenoxy) is 3. The van der Waals surface area contributed by atoms with Crippen LogP contribution in [0.15, 0.2) is 42.5 Å². The summed E-state index contributed by atoms with van der Waals surface area (Å²) in [4.78, 5) is 14.7. The van der Waals surface area contributed by atoms with Crippen molar-refractivity contribution in [3.63, 3.8) is 0 Å². The molecule has 2 heterocycles. The van der Waals surface area contributed by atoms with Gasteiger partial charge in [0, 0.05) is 12.5 Å². The lowest BCUT2D eigenvalue weighted by Crippen LogP contribution is -2.38. The number of benzene rings is 2. The Balaban J connectivity index is 1.44. The van der Waals surface area contributed by atoms with Crippen molar-refractivity contribution in [1.29, 1.82) is 0 Å². The summed E-state index contributed by atoms with van der Waals surface area (Å²) < 4.78 is 31.2. The van der Waals surface area contributed by atoms with Crippen LogP contribution in [-0.2, 0) is 20.7 Å². The molecule has 2 fully saturated rings.